The number of likely N-dealkylation sites (tertiary alicyclic amines) is 1. The number of hydrogen-bond acceptors (Lipinski definition) is 2. The minimum atomic E-state index is -4.41. The second-order valence-electron chi connectivity index (χ2n) is 6.05. The van der Waals surface area contributed by atoms with Gasteiger partial charge in [0, 0.05) is 12.6 Å². The molecule has 0 unspecified atom stereocenters. The zero-order valence-corrected chi connectivity index (χ0v) is 12.8. The fourth-order valence-electron chi connectivity index (χ4n) is 2.87. The fraction of sp³-hybridized carbons (Fsp3) is 0.562. The van der Waals surface area contributed by atoms with Crippen LogP contribution in [0.4, 0.5) is 13.2 Å². The van der Waals surface area contributed by atoms with Gasteiger partial charge in [-0.2, -0.15) is 13.2 Å². The van der Waals surface area contributed by atoms with E-state index in [0.29, 0.717) is 0 Å². The Labute approximate surface area is 128 Å². The standard InChI is InChI=1S/C16H21F3N2O/c1-10-3-4-11(2)12(7-10)8-15(22)21-9-13(20)5-6-14(21)16(17,18)19/h3-4,7,13-14H,5-6,8-9,20H2,1-2H3/t13-,14+/m0/s1. The molecule has 1 aromatic carbocycles. The number of alkyl halides is 3. The van der Waals surface area contributed by atoms with Gasteiger partial charge < -0.3 is 10.6 Å². The summed E-state index contributed by atoms with van der Waals surface area (Å²) in [5, 5.41) is 0. The Morgan fingerprint density at radius 1 is 1.32 bits per heavy atom. The predicted molar refractivity (Wildman–Crippen MR) is 78.4 cm³/mol. The summed E-state index contributed by atoms with van der Waals surface area (Å²) in [5.41, 5.74) is 8.41. The first-order chi connectivity index (χ1) is 10.2. The summed E-state index contributed by atoms with van der Waals surface area (Å²) in [5.74, 6) is -0.508. The third kappa shape index (κ3) is 3.80. The molecule has 122 valence electrons. The maximum atomic E-state index is 13.1. The van der Waals surface area contributed by atoms with Crippen LogP contribution in [0.1, 0.15) is 29.5 Å². The first-order valence-electron chi connectivity index (χ1n) is 7.36. The largest absolute Gasteiger partial charge is 0.408 e. The quantitative estimate of drug-likeness (QED) is 0.912. The average Bonchev–Trinajstić information content (AvgIpc) is 2.41. The number of carbonyl (C=O) groups excluding carboxylic acids is 1. The van der Waals surface area contributed by atoms with E-state index < -0.39 is 18.1 Å². The highest BCUT2D eigenvalue weighted by atomic mass is 19.4. The van der Waals surface area contributed by atoms with Crippen LogP contribution in [0.15, 0.2) is 18.2 Å². The second kappa shape index (κ2) is 6.28. The van der Waals surface area contributed by atoms with E-state index in [9.17, 15) is 18.0 Å². The Morgan fingerprint density at radius 2 is 2.00 bits per heavy atom. The zero-order valence-electron chi connectivity index (χ0n) is 12.8. The number of hydrogen-bond donors (Lipinski definition) is 1. The van der Waals surface area contributed by atoms with Crippen molar-refractivity contribution < 1.29 is 18.0 Å². The molecule has 0 saturated carbocycles. The third-order valence-corrected chi connectivity index (χ3v) is 4.16. The molecule has 1 heterocycles. The molecule has 3 nitrogen and oxygen atoms in total. The lowest BCUT2D eigenvalue weighted by atomic mass is 9.96. The number of carbonyl (C=O) groups is 1. The van der Waals surface area contributed by atoms with Gasteiger partial charge in [-0.3, -0.25) is 4.79 Å². The summed E-state index contributed by atoms with van der Waals surface area (Å²) in [6, 6.07) is 3.53. The fourth-order valence-corrected chi connectivity index (χ4v) is 2.87. The topological polar surface area (TPSA) is 46.3 Å². The number of piperidine rings is 1. The van der Waals surface area contributed by atoms with Gasteiger partial charge in [-0.1, -0.05) is 23.8 Å². The van der Waals surface area contributed by atoms with Gasteiger partial charge in [-0.05, 0) is 37.8 Å². The number of halogens is 3. The monoisotopic (exact) mass is 314 g/mol. The van der Waals surface area contributed by atoms with E-state index in [2.05, 4.69) is 0 Å². The van der Waals surface area contributed by atoms with Gasteiger partial charge in [-0.25, -0.2) is 0 Å². The smallest absolute Gasteiger partial charge is 0.329 e. The third-order valence-electron chi connectivity index (χ3n) is 4.16. The molecule has 1 amide bonds. The van der Waals surface area contributed by atoms with E-state index in [4.69, 9.17) is 5.73 Å². The van der Waals surface area contributed by atoms with Gasteiger partial charge >= 0.3 is 6.18 Å². The summed E-state index contributed by atoms with van der Waals surface area (Å²) in [6.07, 6.45) is -4.26. The van der Waals surface area contributed by atoms with Crippen molar-refractivity contribution >= 4 is 5.91 Å². The van der Waals surface area contributed by atoms with Crippen LogP contribution < -0.4 is 5.73 Å². The van der Waals surface area contributed by atoms with E-state index in [1.54, 1.807) is 0 Å². The number of rotatable bonds is 2. The first kappa shape index (κ1) is 16.8. The molecule has 0 bridgehead atoms. The lowest BCUT2D eigenvalue weighted by Crippen LogP contribution is -2.57. The minimum absolute atomic E-state index is 0.0210. The Bertz CT molecular complexity index is 557. The normalized spacial score (nSPS) is 22.7. The highest BCUT2D eigenvalue weighted by Gasteiger charge is 2.47. The molecule has 1 saturated heterocycles. The SMILES string of the molecule is Cc1ccc(C)c(CC(=O)N2C[C@@H](N)CC[C@@H]2C(F)(F)F)c1. The number of nitrogens with two attached hydrogens (primary N) is 1. The molecule has 1 aliphatic heterocycles. The Balaban J connectivity index is 2.19. The lowest BCUT2D eigenvalue weighted by molar-refractivity contribution is -0.196. The molecule has 0 aromatic heterocycles. The Kier molecular flexibility index (Phi) is 4.80. The molecular weight excluding hydrogens is 293 g/mol. The summed E-state index contributed by atoms with van der Waals surface area (Å²) in [7, 11) is 0. The van der Waals surface area contributed by atoms with Gasteiger partial charge in [0.25, 0.3) is 0 Å². The van der Waals surface area contributed by atoms with E-state index in [-0.39, 0.29) is 31.8 Å². The number of aryl methyl sites for hydroxylation is 2. The maximum Gasteiger partial charge on any atom is 0.408 e. The maximum absolute atomic E-state index is 13.1. The summed E-state index contributed by atoms with van der Waals surface area (Å²) in [6.45, 7) is 3.71. The Morgan fingerprint density at radius 3 is 2.64 bits per heavy atom. The van der Waals surface area contributed by atoms with Crippen molar-refractivity contribution in [3.8, 4) is 0 Å². The Hall–Kier alpha value is -1.56. The van der Waals surface area contributed by atoms with Crippen molar-refractivity contribution in [1.29, 1.82) is 0 Å². The first-order valence-corrected chi connectivity index (χ1v) is 7.36. The molecular formula is C16H21F3N2O. The van der Waals surface area contributed by atoms with Crippen molar-refractivity contribution in [2.24, 2.45) is 5.73 Å². The average molecular weight is 314 g/mol. The van der Waals surface area contributed by atoms with Crippen molar-refractivity contribution in [3.05, 3.63) is 34.9 Å². The van der Waals surface area contributed by atoms with Crippen LogP contribution in [0.3, 0.4) is 0 Å². The minimum Gasteiger partial charge on any atom is -0.329 e. The van der Waals surface area contributed by atoms with Crippen LogP contribution >= 0.6 is 0 Å². The molecule has 22 heavy (non-hydrogen) atoms. The summed E-state index contributed by atoms with van der Waals surface area (Å²) >= 11 is 0. The highest BCUT2D eigenvalue weighted by molar-refractivity contribution is 5.79. The number of nitrogens with zero attached hydrogens (tertiary/aromatic N) is 1. The molecule has 1 fully saturated rings. The molecule has 0 aliphatic carbocycles. The van der Waals surface area contributed by atoms with Crippen molar-refractivity contribution in [2.75, 3.05) is 6.54 Å². The lowest BCUT2D eigenvalue weighted by Gasteiger charge is -2.39. The van der Waals surface area contributed by atoms with E-state index in [1.807, 2.05) is 32.0 Å². The molecule has 0 spiro atoms. The molecule has 0 radical (unpaired) electrons. The summed E-state index contributed by atoms with van der Waals surface area (Å²) in [4.78, 5) is 13.3. The van der Waals surface area contributed by atoms with Gasteiger partial charge in [-0.15, -0.1) is 0 Å². The predicted octanol–water partition coefficient (Wildman–Crippen LogP) is 2.73. The molecule has 2 atom stereocenters. The van der Waals surface area contributed by atoms with Crippen LogP contribution in [0.25, 0.3) is 0 Å². The molecule has 2 rings (SSSR count). The molecule has 1 aromatic rings. The van der Waals surface area contributed by atoms with Crippen molar-refractivity contribution in [3.63, 3.8) is 0 Å². The van der Waals surface area contributed by atoms with Gasteiger partial charge in [0.15, 0.2) is 0 Å². The number of benzene rings is 1. The van der Waals surface area contributed by atoms with Gasteiger partial charge in [0.2, 0.25) is 5.91 Å². The molecule has 2 N–H and O–H groups in total. The second-order valence-corrected chi connectivity index (χ2v) is 6.05. The molecule has 1 aliphatic rings. The van der Waals surface area contributed by atoms with E-state index in [1.165, 1.54) is 0 Å². The van der Waals surface area contributed by atoms with Crippen LogP contribution in [0.2, 0.25) is 0 Å². The zero-order chi connectivity index (χ0) is 16.5. The van der Waals surface area contributed by atoms with Gasteiger partial charge in [0.05, 0.1) is 6.42 Å². The molecule has 6 heteroatoms. The van der Waals surface area contributed by atoms with Gasteiger partial charge in [0.1, 0.15) is 6.04 Å². The van der Waals surface area contributed by atoms with Crippen LogP contribution in [0, 0.1) is 13.8 Å². The van der Waals surface area contributed by atoms with E-state index >= 15 is 0 Å². The van der Waals surface area contributed by atoms with Crippen LogP contribution in [-0.2, 0) is 11.2 Å². The highest BCUT2D eigenvalue weighted by Crippen LogP contribution is 2.32. The van der Waals surface area contributed by atoms with Crippen molar-refractivity contribution in [2.45, 2.75) is 51.4 Å². The van der Waals surface area contributed by atoms with Crippen LogP contribution in [-0.4, -0.2) is 35.6 Å². The van der Waals surface area contributed by atoms with Crippen molar-refractivity contribution in [1.82, 2.24) is 4.90 Å². The van der Waals surface area contributed by atoms with E-state index in [0.717, 1.165) is 21.6 Å². The van der Waals surface area contributed by atoms with Crippen LogP contribution in [0.5, 0.6) is 0 Å². The summed E-state index contributed by atoms with van der Waals surface area (Å²) < 4.78 is 39.4. The number of amides is 1.